The van der Waals surface area contributed by atoms with Crippen LogP contribution < -0.4 is 4.74 Å². The molecular weight excluding hydrogens is 849 g/mol. The van der Waals surface area contributed by atoms with Crippen molar-refractivity contribution in [1.82, 2.24) is 9.78 Å². The Morgan fingerprint density at radius 1 is 0.772 bits per heavy atom. The van der Waals surface area contributed by atoms with Crippen molar-refractivity contribution < 1.29 is 81.5 Å². The van der Waals surface area contributed by atoms with E-state index in [9.17, 15) is 68.0 Å². The first-order valence-electron chi connectivity index (χ1n) is 14.9. The van der Waals surface area contributed by atoms with Crippen LogP contribution in [0.25, 0.3) is 16.5 Å². The number of carbonyl (C=O) groups is 1. The number of hydrogen-bond acceptors (Lipinski definition) is 19. The SMILES string of the molecule is COc1cc(/N=N/c2c(S(=O)(=O)O)cc3ccc(/N=N/c4c(C(=O)O)nn(-c5ccc(S(=O)(=O)O)cc5)c4O)cc3c2O)c(O)cc1S(=O)(=O)CCOS(=O)(=O)O. The molecule has 28 heteroatoms. The number of aromatic carboxylic acids is 1. The first-order valence-corrected chi connectivity index (χ1v) is 20.8. The lowest BCUT2D eigenvalue weighted by Gasteiger charge is -2.12. The number of carboxylic acids is 1. The van der Waals surface area contributed by atoms with Gasteiger partial charge in [-0.3, -0.25) is 13.7 Å². The van der Waals surface area contributed by atoms with Crippen molar-refractivity contribution in [2.24, 2.45) is 20.5 Å². The Morgan fingerprint density at radius 3 is 2.00 bits per heavy atom. The molecule has 7 N–H and O–H groups in total. The molecule has 0 saturated heterocycles. The largest absolute Gasteiger partial charge is 0.506 e. The molecule has 0 saturated carbocycles. The number of carboxylic acid groups (broad SMARTS) is 1. The van der Waals surface area contributed by atoms with E-state index in [2.05, 4.69) is 29.7 Å². The van der Waals surface area contributed by atoms with E-state index in [1.807, 2.05) is 0 Å². The van der Waals surface area contributed by atoms with Crippen LogP contribution in [0.15, 0.2) is 95.8 Å². The fraction of sp³-hybridized carbons (Fsp3) is 0.103. The van der Waals surface area contributed by atoms with Gasteiger partial charge >= 0.3 is 16.4 Å². The van der Waals surface area contributed by atoms with Crippen LogP contribution in [-0.2, 0) is 44.7 Å². The van der Waals surface area contributed by atoms with E-state index in [1.165, 1.54) is 12.1 Å². The second-order valence-electron chi connectivity index (χ2n) is 11.1. The number of benzene rings is 4. The molecule has 302 valence electrons. The summed E-state index contributed by atoms with van der Waals surface area (Å²) in [5.74, 6) is -5.85. The summed E-state index contributed by atoms with van der Waals surface area (Å²) in [6.07, 6.45) is 0. The Morgan fingerprint density at radius 2 is 1.42 bits per heavy atom. The maximum absolute atomic E-state index is 12.8. The summed E-state index contributed by atoms with van der Waals surface area (Å²) in [4.78, 5) is 9.76. The predicted octanol–water partition coefficient (Wildman–Crippen LogP) is 3.77. The molecule has 0 radical (unpaired) electrons. The fourth-order valence-electron chi connectivity index (χ4n) is 4.85. The minimum atomic E-state index is -5.15. The highest BCUT2D eigenvalue weighted by Crippen LogP contribution is 2.44. The second kappa shape index (κ2) is 15.4. The average Bonchev–Trinajstić information content (AvgIpc) is 3.45. The summed E-state index contributed by atoms with van der Waals surface area (Å²) in [6, 6.07) is 9.95. The van der Waals surface area contributed by atoms with Gasteiger partial charge in [-0.15, -0.1) is 15.3 Å². The number of sulfone groups is 1. The number of methoxy groups -OCH3 is 1. The van der Waals surface area contributed by atoms with Crippen molar-refractivity contribution in [3.8, 4) is 28.8 Å². The minimum absolute atomic E-state index is 0.0367. The highest BCUT2D eigenvalue weighted by molar-refractivity contribution is 7.91. The molecule has 5 aromatic rings. The van der Waals surface area contributed by atoms with Crippen molar-refractivity contribution in [2.45, 2.75) is 14.7 Å². The molecule has 0 atom stereocenters. The van der Waals surface area contributed by atoms with Crippen molar-refractivity contribution in [2.75, 3.05) is 19.5 Å². The second-order valence-corrected chi connectivity index (χ2v) is 17.1. The van der Waals surface area contributed by atoms with Crippen molar-refractivity contribution in [3.63, 3.8) is 0 Å². The van der Waals surface area contributed by atoms with Crippen LogP contribution in [0.2, 0.25) is 0 Å². The molecule has 0 bridgehead atoms. The summed E-state index contributed by atoms with van der Waals surface area (Å²) >= 11 is 0. The molecule has 57 heavy (non-hydrogen) atoms. The molecule has 0 aliphatic rings. The number of rotatable bonds is 14. The Labute approximate surface area is 320 Å². The van der Waals surface area contributed by atoms with E-state index < -0.39 is 119 Å². The summed E-state index contributed by atoms with van der Waals surface area (Å²) in [6.45, 7) is -1.01. The Bertz CT molecular complexity index is 2970. The lowest BCUT2D eigenvalue weighted by molar-refractivity contribution is 0.0690. The van der Waals surface area contributed by atoms with Crippen molar-refractivity contribution in [3.05, 3.63) is 66.4 Å². The van der Waals surface area contributed by atoms with Gasteiger partial charge in [0.05, 0.1) is 35.7 Å². The molecule has 5 rings (SSSR count). The maximum Gasteiger partial charge on any atom is 0.397 e. The van der Waals surface area contributed by atoms with Crippen LogP contribution in [0.1, 0.15) is 10.5 Å². The quantitative estimate of drug-likeness (QED) is 0.0616. The van der Waals surface area contributed by atoms with Gasteiger partial charge in [0.2, 0.25) is 11.6 Å². The third kappa shape index (κ3) is 9.29. The molecule has 0 fully saturated rings. The maximum atomic E-state index is 12.8. The molecule has 4 aromatic carbocycles. The smallest absolute Gasteiger partial charge is 0.397 e. The Balaban J connectivity index is 1.54. The number of azo groups is 2. The number of aromatic hydroxyl groups is 3. The summed E-state index contributed by atoms with van der Waals surface area (Å²) < 4.78 is 132. The summed E-state index contributed by atoms with van der Waals surface area (Å²) in [5, 5.41) is 60.7. The van der Waals surface area contributed by atoms with Crippen LogP contribution in [0.5, 0.6) is 23.1 Å². The van der Waals surface area contributed by atoms with E-state index in [0.29, 0.717) is 10.7 Å². The van der Waals surface area contributed by atoms with E-state index in [-0.39, 0.29) is 22.1 Å². The number of ether oxygens (including phenoxy) is 1. The van der Waals surface area contributed by atoms with Gasteiger partial charge in [-0.25, -0.2) is 17.4 Å². The standard InChI is InChI=1S/C29H24N6O18S4/c1-52-21-12-19(20(36)13-22(21)54(41,42)9-8-53-57(49,50)51)31-32-24-23(56(46,47)48)10-14-2-3-15(11-18(14)27(24)37)30-33-25-26(29(39)40)34-35(28(25)38)16-4-6-17(7-5-16)55(43,44)45/h2-7,10-13,36-38H,8-9H2,1H3,(H,39,40)(H,43,44,45)(H,46,47,48)(H,49,50,51)/b32-31+,33-30+. The third-order valence-electron chi connectivity index (χ3n) is 7.44. The normalized spacial score (nSPS) is 12.8. The molecule has 1 heterocycles. The van der Waals surface area contributed by atoms with Gasteiger partial charge in [0, 0.05) is 17.5 Å². The van der Waals surface area contributed by atoms with Gasteiger partial charge < -0.3 is 25.2 Å². The molecule has 0 aliphatic carbocycles. The molecule has 0 aliphatic heterocycles. The molecular formula is C29H24N6O18S4. The zero-order valence-electron chi connectivity index (χ0n) is 28.1. The van der Waals surface area contributed by atoms with Gasteiger partial charge in [-0.05, 0) is 47.9 Å². The fourth-order valence-corrected chi connectivity index (χ4v) is 7.65. The topological polar surface area (TPSA) is 381 Å². The molecule has 0 spiro atoms. The number of hydrogen-bond donors (Lipinski definition) is 7. The van der Waals surface area contributed by atoms with Crippen LogP contribution in [0.4, 0.5) is 22.7 Å². The highest BCUT2D eigenvalue weighted by atomic mass is 32.3. The Hall–Kier alpha value is -6.14. The van der Waals surface area contributed by atoms with E-state index in [1.54, 1.807) is 0 Å². The lowest BCUT2D eigenvalue weighted by Crippen LogP contribution is -2.16. The van der Waals surface area contributed by atoms with E-state index in [0.717, 1.165) is 49.6 Å². The van der Waals surface area contributed by atoms with Crippen LogP contribution >= 0.6 is 0 Å². The number of phenols is 2. The third-order valence-corrected chi connectivity index (χ3v) is 11.3. The van der Waals surface area contributed by atoms with Crippen molar-refractivity contribution in [1.29, 1.82) is 0 Å². The minimum Gasteiger partial charge on any atom is -0.506 e. The first kappa shape index (κ1) is 42.0. The summed E-state index contributed by atoms with van der Waals surface area (Å²) in [7, 11) is -18.1. The van der Waals surface area contributed by atoms with Gasteiger partial charge in [0.1, 0.15) is 32.7 Å². The number of phenolic OH excluding ortho intramolecular Hbond substituents is 2. The van der Waals surface area contributed by atoms with Gasteiger partial charge in [0.25, 0.3) is 20.2 Å². The zero-order chi connectivity index (χ0) is 42.2. The van der Waals surface area contributed by atoms with Gasteiger partial charge in [-0.1, -0.05) is 6.07 Å². The number of fused-ring (bicyclic) bond motifs is 1. The molecule has 0 unspecified atom stereocenters. The van der Waals surface area contributed by atoms with Gasteiger partial charge in [-0.2, -0.15) is 40.1 Å². The lowest BCUT2D eigenvalue weighted by atomic mass is 10.1. The number of aromatic nitrogens is 2. The molecule has 1 aromatic heterocycles. The average molecular weight is 873 g/mol. The highest BCUT2D eigenvalue weighted by Gasteiger charge is 2.27. The molecule has 0 amide bonds. The van der Waals surface area contributed by atoms with Crippen LogP contribution in [0, 0.1) is 0 Å². The Kier molecular flexibility index (Phi) is 11.4. The zero-order valence-corrected chi connectivity index (χ0v) is 31.4. The van der Waals surface area contributed by atoms with Gasteiger partial charge in [0.15, 0.2) is 21.3 Å². The van der Waals surface area contributed by atoms with E-state index >= 15 is 0 Å². The molecule has 24 nitrogen and oxygen atoms in total. The van der Waals surface area contributed by atoms with Crippen LogP contribution in [0.3, 0.4) is 0 Å². The van der Waals surface area contributed by atoms with Crippen LogP contribution in [-0.4, -0.2) is 103 Å². The van der Waals surface area contributed by atoms with E-state index in [4.69, 9.17) is 9.29 Å². The predicted molar refractivity (Wildman–Crippen MR) is 190 cm³/mol. The van der Waals surface area contributed by atoms with Crippen molar-refractivity contribution >= 4 is 80.0 Å². The summed E-state index contributed by atoms with van der Waals surface area (Å²) in [5.41, 5.74) is -3.15. The monoisotopic (exact) mass is 872 g/mol. The number of nitrogens with zero attached hydrogens (tertiary/aromatic N) is 6. The first-order chi connectivity index (χ1) is 26.4.